The van der Waals surface area contributed by atoms with Crippen molar-refractivity contribution in [3.8, 4) is 0 Å². The third-order valence-corrected chi connectivity index (χ3v) is 4.76. The molecule has 0 aromatic carbocycles. The molecule has 0 bridgehead atoms. The van der Waals surface area contributed by atoms with Crippen molar-refractivity contribution in [3.63, 3.8) is 0 Å². The Bertz CT molecular complexity index is 318. The van der Waals surface area contributed by atoms with Gasteiger partial charge in [-0.2, -0.15) is 0 Å². The van der Waals surface area contributed by atoms with Gasteiger partial charge in [-0.15, -0.1) is 11.8 Å². The standard InChI is InChI=1S/C14H27N3O2S/c1-4-9-17(10-13(18)16(2)3)14(19)11-20-12-5-7-15-8-6-12/h12,15H,4-11H2,1-3H3. The van der Waals surface area contributed by atoms with Crippen LogP contribution in [0.25, 0.3) is 0 Å². The Hall–Kier alpha value is -0.750. The molecule has 0 unspecified atom stereocenters. The van der Waals surface area contributed by atoms with E-state index in [0.717, 1.165) is 32.4 Å². The van der Waals surface area contributed by atoms with Crippen molar-refractivity contribution >= 4 is 23.6 Å². The summed E-state index contributed by atoms with van der Waals surface area (Å²) >= 11 is 1.74. The number of thioether (sulfide) groups is 1. The van der Waals surface area contributed by atoms with Crippen molar-refractivity contribution in [1.82, 2.24) is 15.1 Å². The first kappa shape index (κ1) is 17.3. The summed E-state index contributed by atoms with van der Waals surface area (Å²) in [5.74, 6) is 0.565. The molecule has 1 fully saturated rings. The van der Waals surface area contributed by atoms with Crippen LogP contribution in [0.3, 0.4) is 0 Å². The van der Waals surface area contributed by atoms with Crippen molar-refractivity contribution in [2.24, 2.45) is 0 Å². The smallest absolute Gasteiger partial charge is 0.241 e. The molecule has 1 aliphatic heterocycles. The van der Waals surface area contributed by atoms with Crippen LogP contribution in [-0.2, 0) is 9.59 Å². The van der Waals surface area contributed by atoms with E-state index < -0.39 is 0 Å². The lowest BCUT2D eigenvalue weighted by Gasteiger charge is -2.25. The Balaban J connectivity index is 2.40. The minimum atomic E-state index is -0.0151. The fraction of sp³-hybridized carbons (Fsp3) is 0.857. The highest BCUT2D eigenvalue weighted by atomic mass is 32.2. The van der Waals surface area contributed by atoms with E-state index in [4.69, 9.17) is 0 Å². The number of nitrogens with zero attached hydrogens (tertiary/aromatic N) is 2. The molecule has 0 saturated carbocycles. The van der Waals surface area contributed by atoms with E-state index >= 15 is 0 Å². The van der Waals surface area contributed by atoms with Crippen LogP contribution >= 0.6 is 11.8 Å². The van der Waals surface area contributed by atoms with Gasteiger partial charge in [0.15, 0.2) is 0 Å². The second-order valence-electron chi connectivity index (χ2n) is 5.36. The summed E-state index contributed by atoms with van der Waals surface area (Å²) in [6.45, 7) is 4.98. The van der Waals surface area contributed by atoms with Gasteiger partial charge < -0.3 is 15.1 Å². The maximum absolute atomic E-state index is 12.3. The zero-order valence-electron chi connectivity index (χ0n) is 12.9. The first-order chi connectivity index (χ1) is 9.54. The molecular weight excluding hydrogens is 274 g/mol. The van der Waals surface area contributed by atoms with Crippen LogP contribution in [0.1, 0.15) is 26.2 Å². The van der Waals surface area contributed by atoms with Gasteiger partial charge >= 0.3 is 0 Å². The Morgan fingerprint density at radius 2 is 1.85 bits per heavy atom. The highest BCUT2D eigenvalue weighted by Crippen LogP contribution is 2.20. The number of piperidine rings is 1. The van der Waals surface area contributed by atoms with E-state index in [-0.39, 0.29) is 18.4 Å². The van der Waals surface area contributed by atoms with Gasteiger partial charge in [0, 0.05) is 25.9 Å². The molecule has 0 spiro atoms. The van der Waals surface area contributed by atoms with Gasteiger partial charge in [-0.05, 0) is 32.4 Å². The van der Waals surface area contributed by atoms with Crippen LogP contribution in [0.4, 0.5) is 0 Å². The predicted molar refractivity (Wildman–Crippen MR) is 83.9 cm³/mol. The largest absolute Gasteiger partial charge is 0.347 e. The number of amides is 2. The molecule has 0 aromatic rings. The fourth-order valence-corrected chi connectivity index (χ4v) is 3.24. The number of rotatable bonds is 7. The SMILES string of the molecule is CCCN(CC(=O)N(C)C)C(=O)CSC1CCNCC1. The average molecular weight is 301 g/mol. The molecule has 0 aromatic heterocycles. The summed E-state index contributed by atoms with van der Waals surface area (Å²) in [7, 11) is 3.45. The first-order valence-electron chi connectivity index (χ1n) is 7.34. The molecule has 6 heteroatoms. The van der Waals surface area contributed by atoms with Gasteiger partial charge in [0.05, 0.1) is 12.3 Å². The van der Waals surface area contributed by atoms with E-state index in [1.54, 1.807) is 30.8 Å². The van der Waals surface area contributed by atoms with E-state index in [2.05, 4.69) is 5.32 Å². The number of hydrogen-bond acceptors (Lipinski definition) is 4. The highest BCUT2D eigenvalue weighted by molar-refractivity contribution is 8.00. The quantitative estimate of drug-likeness (QED) is 0.756. The van der Waals surface area contributed by atoms with Crippen LogP contribution in [0.5, 0.6) is 0 Å². The minimum absolute atomic E-state index is 0.0151. The van der Waals surface area contributed by atoms with Gasteiger partial charge in [0.2, 0.25) is 11.8 Å². The van der Waals surface area contributed by atoms with Crippen LogP contribution in [0.2, 0.25) is 0 Å². The molecule has 1 saturated heterocycles. The second-order valence-corrected chi connectivity index (χ2v) is 6.65. The molecular formula is C14H27N3O2S. The van der Waals surface area contributed by atoms with Crippen LogP contribution < -0.4 is 5.32 Å². The summed E-state index contributed by atoms with van der Waals surface area (Å²) in [6, 6.07) is 0. The summed E-state index contributed by atoms with van der Waals surface area (Å²) in [6.07, 6.45) is 3.13. The van der Waals surface area contributed by atoms with Crippen molar-refractivity contribution in [1.29, 1.82) is 0 Å². The molecule has 0 atom stereocenters. The molecule has 0 aliphatic carbocycles. The second kappa shape index (κ2) is 9.23. The molecule has 1 aliphatic rings. The number of likely N-dealkylation sites (N-methyl/N-ethyl adjacent to an activating group) is 1. The molecule has 1 rings (SSSR count). The summed E-state index contributed by atoms with van der Waals surface area (Å²) in [5.41, 5.74) is 0. The average Bonchev–Trinajstić information content (AvgIpc) is 2.45. The zero-order chi connectivity index (χ0) is 15.0. The topological polar surface area (TPSA) is 52.7 Å². The third-order valence-electron chi connectivity index (χ3n) is 3.40. The molecule has 1 heterocycles. The maximum atomic E-state index is 12.3. The number of nitrogens with one attached hydrogen (secondary N) is 1. The molecule has 1 N–H and O–H groups in total. The van der Waals surface area contributed by atoms with Crippen LogP contribution in [-0.4, -0.2) is 72.9 Å². The summed E-state index contributed by atoms with van der Waals surface area (Å²) in [5, 5.41) is 3.90. The first-order valence-corrected chi connectivity index (χ1v) is 8.39. The minimum Gasteiger partial charge on any atom is -0.347 e. The number of hydrogen-bond donors (Lipinski definition) is 1. The molecule has 116 valence electrons. The Labute approximate surface area is 126 Å². The number of carbonyl (C=O) groups excluding carboxylic acids is 2. The maximum Gasteiger partial charge on any atom is 0.241 e. The molecule has 5 nitrogen and oxygen atoms in total. The van der Waals surface area contributed by atoms with Gasteiger partial charge in [-0.25, -0.2) is 0 Å². The van der Waals surface area contributed by atoms with Crippen molar-refractivity contribution in [2.75, 3.05) is 46.0 Å². The van der Waals surface area contributed by atoms with Gasteiger partial charge in [0.1, 0.15) is 0 Å². The van der Waals surface area contributed by atoms with Gasteiger partial charge in [-0.1, -0.05) is 6.92 Å². The van der Waals surface area contributed by atoms with E-state index in [1.807, 2.05) is 6.92 Å². The monoisotopic (exact) mass is 301 g/mol. The van der Waals surface area contributed by atoms with E-state index in [0.29, 0.717) is 17.5 Å². The van der Waals surface area contributed by atoms with Gasteiger partial charge in [0.25, 0.3) is 0 Å². The third kappa shape index (κ3) is 6.13. The summed E-state index contributed by atoms with van der Waals surface area (Å²) in [4.78, 5) is 27.2. The molecule has 2 amide bonds. The lowest BCUT2D eigenvalue weighted by Crippen LogP contribution is -2.41. The normalized spacial score (nSPS) is 15.9. The van der Waals surface area contributed by atoms with Crippen molar-refractivity contribution in [3.05, 3.63) is 0 Å². The summed E-state index contributed by atoms with van der Waals surface area (Å²) < 4.78 is 0. The van der Waals surface area contributed by atoms with E-state index in [9.17, 15) is 9.59 Å². The Morgan fingerprint density at radius 1 is 1.20 bits per heavy atom. The van der Waals surface area contributed by atoms with Crippen LogP contribution in [0.15, 0.2) is 0 Å². The van der Waals surface area contributed by atoms with E-state index in [1.165, 1.54) is 4.90 Å². The van der Waals surface area contributed by atoms with Crippen molar-refractivity contribution < 1.29 is 9.59 Å². The Morgan fingerprint density at radius 3 is 2.40 bits per heavy atom. The van der Waals surface area contributed by atoms with Crippen LogP contribution in [0, 0.1) is 0 Å². The van der Waals surface area contributed by atoms with Crippen molar-refractivity contribution in [2.45, 2.75) is 31.4 Å². The molecule has 0 radical (unpaired) electrons. The number of carbonyl (C=O) groups is 2. The fourth-order valence-electron chi connectivity index (χ4n) is 2.11. The van der Waals surface area contributed by atoms with Gasteiger partial charge in [-0.3, -0.25) is 9.59 Å². The lowest BCUT2D eigenvalue weighted by molar-refractivity contribution is -0.137. The Kier molecular flexibility index (Phi) is 7.99. The predicted octanol–water partition coefficient (Wildman–Crippen LogP) is 0.798. The zero-order valence-corrected chi connectivity index (χ0v) is 13.7. The lowest BCUT2D eigenvalue weighted by atomic mass is 10.2. The highest BCUT2D eigenvalue weighted by Gasteiger charge is 2.20. The molecule has 20 heavy (non-hydrogen) atoms.